The maximum Gasteiger partial charge on any atom is 0.319 e. The molecule has 3 rings (SSSR count). The van der Waals surface area contributed by atoms with E-state index in [0.717, 1.165) is 19.5 Å². The fourth-order valence-electron chi connectivity index (χ4n) is 2.77. The fourth-order valence-corrected chi connectivity index (χ4v) is 2.77. The second-order valence-electron chi connectivity index (χ2n) is 5.73. The molecule has 120 valence electrons. The van der Waals surface area contributed by atoms with E-state index >= 15 is 0 Å². The molecule has 1 saturated heterocycles. The highest BCUT2D eigenvalue weighted by Crippen LogP contribution is 2.19. The number of hydrogen-bond acceptors (Lipinski definition) is 3. The highest BCUT2D eigenvalue weighted by molar-refractivity contribution is 5.89. The second-order valence-corrected chi connectivity index (χ2v) is 5.73. The molecule has 2 amide bonds. The average molecular weight is 312 g/mol. The Hall–Kier alpha value is -2.76. The van der Waals surface area contributed by atoms with E-state index in [2.05, 4.69) is 27.7 Å². The third-order valence-corrected chi connectivity index (χ3v) is 3.99. The molecule has 1 aromatic carbocycles. The van der Waals surface area contributed by atoms with Crippen molar-refractivity contribution in [3.05, 3.63) is 59.0 Å². The summed E-state index contributed by atoms with van der Waals surface area (Å²) in [6.07, 6.45) is 2.52. The molecule has 1 atom stereocenters. The molecular weight excluding hydrogens is 292 g/mol. The van der Waals surface area contributed by atoms with E-state index < -0.39 is 0 Å². The van der Waals surface area contributed by atoms with E-state index in [9.17, 15) is 9.59 Å². The molecule has 2 heterocycles. The molecule has 6 heteroatoms. The van der Waals surface area contributed by atoms with Gasteiger partial charge in [0.05, 0.1) is 5.69 Å². The number of anilines is 2. The van der Waals surface area contributed by atoms with Crippen LogP contribution in [0.2, 0.25) is 0 Å². The van der Waals surface area contributed by atoms with Crippen molar-refractivity contribution >= 4 is 17.4 Å². The van der Waals surface area contributed by atoms with E-state index in [0.29, 0.717) is 5.69 Å². The van der Waals surface area contributed by atoms with Crippen LogP contribution in [-0.2, 0) is 7.05 Å². The van der Waals surface area contributed by atoms with Gasteiger partial charge in [0.25, 0.3) is 0 Å². The van der Waals surface area contributed by atoms with Gasteiger partial charge in [0.15, 0.2) is 0 Å². The summed E-state index contributed by atoms with van der Waals surface area (Å²) in [6, 6.07) is 13.1. The molecule has 0 spiro atoms. The van der Waals surface area contributed by atoms with Gasteiger partial charge in [-0.15, -0.1) is 0 Å². The average Bonchev–Trinajstić information content (AvgIpc) is 3.00. The molecule has 1 fully saturated rings. The first-order valence-corrected chi connectivity index (χ1v) is 7.66. The van der Waals surface area contributed by atoms with Crippen LogP contribution in [0.1, 0.15) is 6.42 Å². The number of amides is 2. The van der Waals surface area contributed by atoms with Crippen LogP contribution in [0, 0.1) is 0 Å². The number of carbonyl (C=O) groups is 1. The van der Waals surface area contributed by atoms with Crippen LogP contribution in [0.4, 0.5) is 16.2 Å². The van der Waals surface area contributed by atoms with Crippen LogP contribution in [-0.4, -0.2) is 29.7 Å². The molecule has 0 unspecified atom stereocenters. The predicted octanol–water partition coefficient (Wildman–Crippen LogP) is 1.79. The number of nitrogens with zero attached hydrogens (tertiary/aromatic N) is 2. The number of hydrogen-bond donors (Lipinski definition) is 2. The van der Waals surface area contributed by atoms with Gasteiger partial charge < -0.3 is 20.1 Å². The number of nitrogens with one attached hydrogen (secondary N) is 2. The Morgan fingerprint density at radius 2 is 1.96 bits per heavy atom. The third-order valence-electron chi connectivity index (χ3n) is 3.99. The fraction of sp³-hybridized carbons (Fsp3) is 0.294. The molecule has 0 radical (unpaired) electrons. The molecule has 23 heavy (non-hydrogen) atoms. The van der Waals surface area contributed by atoms with Gasteiger partial charge in [-0.3, -0.25) is 4.79 Å². The molecule has 0 saturated carbocycles. The highest BCUT2D eigenvalue weighted by atomic mass is 16.2. The molecule has 0 aliphatic carbocycles. The molecule has 6 nitrogen and oxygen atoms in total. The van der Waals surface area contributed by atoms with E-state index in [-0.39, 0.29) is 17.6 Å². The standard InChI is InChI=1S/C17H20N4O2/c1-20-11-13(7-8-16(20)22)18-17(23)19-14-9-10-21(12-14)15-5-3-2-4-6-15/h2-8,11,14H,9-10,12H2,1H3,(H2,18,19,23)/t14-/m1/s1. The van der Waals surface area contributed by atoms with Gasteiger partial charge in [0, 0.05) is 44.1 Å². The number of rotatable bonds is 3. The van der Waals surface area contributed by atoms with E-state index in [1.807, 2.05) is 18.2 Å². The summed E-state index contributed by atoms with van der Waals surface area (Å²) in [5.41, 5.74) is 1.67. The van der Waals surface area contributed by atoms with Crippen molar-refractivity contribution in [2.24, 2.45) is 7.05 Å². The summed E-state index contributed by atoms with van der Waals surface area (Å²) in [6.45, 7) is 1.72. The van der Waals surface area contributed by atoms with Crippen molar-refractivity contribution in [3.8, 4) is 0 Å². The maximum atomic E-state index is 12.1. The van der Waals surface area contributed by atoms with Crippen LogP contribution >= 0.6 is 0 Å². The summed E-state index contributed by atoms with van der Waals surface area (Å²) >= 11 is 0. The highest BCUT2D eigenvalue weighted by Gasteiger charge is 2.23. The number of aromatic nitrogens is 1. The minimum absolute atomic E-state index is 0.106. The number of urea groups is 1. The number of aryl methyl sites for hydroxylation is 1. The number of pyridine rings is 1. The third kappa shape index (κ3) is 3.71. The number of para-hydroxylation sites is 1. The molecule has 1 aliphatic heterocycles. The van der Waals surface area contributed by atoms with Gasteiger partial charge in [0.1, 0.15) is 0 Å². The smallest absolute Gasteiger partial charge is 0.319 e. The van der Waals surface area contributed by atoms with E-state index in [1.54, 1.807) is 19.3 Å². The second kappa shape index (κ2) is 6.56. The van der Waals surface area contributed by atoms with Crippen molar-refractivity contribution in [3.63, 3.8) is 0 Å². The number of carbonyl (C=O) groups excluding carboxylic acids is 1. The van der Waals surface area contributed by atoms with E-state index in [4.69, 9.17) is 0 Å². The van der Waals surface area contributed by atoms with Gasteiger partial charge in [-0.2, -0.15) is 0 Å². The Labute approximate surface area is 134 Å². The Kier molecular flexibility index (Phi) is 4.32. The van der Waals surface area contributed by atoms with Crippen molar-refractivity contribution < 1.29 is 4.79 Å². The van der Waals surface area contributed by atoms with Gasteiger partial charge in [-0.25, -0.2) is 4.79 Å². The zero-order chi connectivity index (χ0) is 16.2. The van der Waals surface area contributed by atoms with Gasteiger partial charge in [-0.1, -0.05) is 18.2 Å². The molecule has 1 aliphatic rings. The zero-order valence-electron chi connectivity index (χ0n) is 13.0. The van der Waals surface area contributed by atoms with Crippen LogP contribution in [0.3, 0.4) is 0 Å². The summed E-state index contributed by atoms with van der Waals surface area (Å²) in [5, 5.41) is 5.75. The Morgan fingerprint density at radius 1 is 1.17 bits per heavy atom. The summed E-state index contributed by atoms with van der Waals surface area (Å²) < 4.78 is 1.43. The Bertz CT molecular complexity index is 742. The first-order valence-electron chi connectivity index (χ1n) is 7.66. The van der Waals surface area contributed by atoms with Crippen LogP contribution in [0.15, 0.2) is 53.5 Å². The Balaban J connectivity index is 1.54. The predicted molar refractivity (Wildman–Crippen MR) is 90.9 cm³/mol. The van der Waals surface area contributed by atoms with Crippen molar-refractivity contribution in [1.82, 2.24) is 9.88 Å². The quantitative estimate of drug-likeness (QED) is 0.908. The number of benzene rings is 1. The molecule has 2 N–H and O–H groups in total. The largest absolute Gasteiger partial charge is 0.369 e. The van der Waals surface area contributed by atoms with E-state index in [1.165, 1.54) is 16.3 Å². The lowest BCUT2D eigenvalue weighted by Gasteiger charge is -2.19. The first kappa shape index (κ1) is 15.1. The topological polar surface area (TPSA) is 66.4 Å². The SMILES string of the molecule is Cn1cc(NC(=O)N[C@@H]2CCN(c3ccccc3)C2)ccc1=O. The van der Waals surface area contributed by atoms with Crippen molar-refractivity contribution in [1.29, 1.82) is 0 Å². The summed E-state index contributed by atoms with van der Waals surface area (Å²) in [7, 11) is 1.65. The molecule has 2 aromatic rings. The minimum atomic E-state index is -0.247. The monoisotopic (exact) mass is 312 g/mol. The van der Waals surface area contributed by atoms with Crippen LogP contribution < -0.4 is 21.1 Å². The lowest BCUT2D eigenvalue weighted by molar-refractivity contribution is 0.249. The molecular formula is C17H20N4O2. The maximum absolute atomic E-state index is 12.1. The summed E-state index contributed by atoms with van der Waals surface area (Å²) in [4.78, 5) is 25.7. The minimum Gasteiger partial charge on any atom is -0.369 e. The normalized spacial score (nSPS) is 17.1. The zero-order valence-corrected chi connectivity index (χ0v) is 13.0. The molecule has 1 aromatic heterocycles. The van der Waals surface area contributed by atoms with Gasteiger partial charge >= 0.3 is 6.03 Å². The van der Waals surface area contributed by atoms with Crippen LogP contribution in [0.25, 0.3) is 0 Å². The van der Waals surface area contributed by atoms with Crippen LogP contribution in [0.5, 0.6) is 0 Å². The lowest BCUT2D eigenvalue weighted by Crippen LogP contribution is -2.39. The lowest BCUT2D eigenvalue weighted by atomic mass is 10.3. The summed E-state index contributed by atoms with van der Waals surface area (Å²) in [5.74, 6) is 0. The Morgan fingerprint density at radius 3 is 2.70 bits per heavy atom. The van der Waals surface area contributed by atoms with Gasteiger partial charge in [-0.05, 0) is 24.6 Å². The van der Waals surface area contributed by atoms with Gasteiger partial charge in [0.2, 0.25) is 5.56 Å². The molecule has 0 bridgehead atoms. The van der Waals surface area contributed by atoms with Crippen molar-refractivity contribution in [2.75, 3.05) is 23.3 Å². The first-order chi connectivity index (χ1) is 11.1. The van der Waals surface area contributed by atoms with Crippen molar-refractivity contribution in [2.45, 2.75) is 12.5 Å².